The number of carbonyl (C=O) groups is 2. The van der Waals surface area contributed by atoms with Crippen LogP contribution in [0.5, 0.6) is 5.88 Å². The molecule has 3 fully saturated rings. The molecule has 0 spiro atoms. The maximum Gasteiger partial charge on any atom is 0.233 e. The summed E-state index contributed by atoms with van der Waals surface area (Å²) in [6.45, 7) is 4.99. The summed E-state index contributed by atoms with van der Waals surface area (Å²) < 4.78 is 11.2. The van der Waals surface area contributed by atoms with Gasteiger partial charge in [-0.2, -0.15) is 5.10 Å². The van der Waals surface area contributed by atoms with Gasteiger partial charge >= 0.3 is 0 Å². The van der Waals surface area contributed by atoms with Crippen LogP contribution in [0, 0.1) is 12.8 Å². The molecule has 0 radical (unpaired) electrons. The average molecular weight is 374 g/mol. The SMILES string of the molecule is Cc1ccc(OC2CCN(C(=O)C3CC(=O)N(C4CCOCC4)C3)C2)nn1. The number of hydrogen-bond donors (Lipinski definition) is 0. The number of likely N-dealkylation sites (tertiary alicyclic amines) is 2. The molecule has 1 aromatic rings. The summed E-state index contributed by atoms with van der Waals surface area (Å²) in [5, 5.41) is 8.02. The van der Waals surface area contributed by atoms with Crippen molar-refractivity contribution in [3.8, 4) is 5.88 Å². The molecule has 3 aliphatic rings. The standard InChI is InChI=1S/C19H26N4O4/c1-13-2-3-17(21-20-13)27-16-4-7-22(12-16)19(25)14-10-18(24)23(11-14)15-5-8-26-9-6-15/h2-3,14-16H,4-12H2,1H3. The molecule has 4 heterocycles. The van der Waals surface area contributed by atoms with E-state index in [2.05, 4.69) is 10.2 Å². The lowest BCUT2D eigenvalue weighted by Gasteiger charge is -2.31. The second kappa shape index (κ2) is 7.80. The number of amides is 2. The van der Waals surface area contributed by atoms with Crippen LogP contribution in [-0.4, -0.2) is 76.8 Å². The van der Waals surface area contributed by atoms with Crippen molar-refractivity contribution in [2.45, 2.75) is 44.8 Å². The topological polar surface area (TPSA) is 84.9 Å². The fraction of sp³-hybridized carbons (Fsp3) is 0.684. The van der Waals surface area contributed by atoms with Gasteiger partial charge in [0.1, 0.15) is 6.10 Å². The molecule has 2 unspecified atom stereocenters. The molecule has 146 valence electrons. The van der Waals surface area contributed by atoms with E-state index in [1.54, 1.807) is 6.07 Å². The predicted molar refractivity (Wildman–Crippen MR) is 96.0 cm³/mol. The molecule has 0 bridgehead atoms. The summed E-state index contributed by atoms with van der Waals surface area (Å²) in [5.41, 5.74) is 0.838. The van der Waals surface area contributed by atoms with Crippen LogP contribution in [0.15, 0.2) is 12.1 Å². The van der Waals surface area contributed by atoms with Gasteiger partial charge in [0.15, 0.2) is 0 Å². The zero-order valence-electron chi connectivity index (χ0n) is 15.7. The van der Waals surface area contributed by atoms with E-state index < -0.39 is 0 Å². The van der Waals surface area contributed by atoms with Crippen LogP contribution in [0.2, 0.25) is 0 Å². The van der Waals surface area contributed by atoms with Crippen molar-refractivity contribution in [1.82, 2.24) is 20.0 Å². The van der Waals surface area contributed by atoms with Gasteiger partial charge in [-0.15, -0.1) is 5.10 Å². The van der Waals surface area contributed by atoms with Gasteiger partial charge in [0.2, 0.25) is 17.7 Å². The number of rotatable bonds is 4. The molecule has 2 amide bonds. The van der Waals surface area contributed by atoms with Crippen LogP contribution >= 0.6 is 0 Å². The molecule has 3 saturated heterocycles. The number of aromatic nitrogens is 2. The molecule has 1 aromatic heterocycles. The first kappa shape index (κ1) is 18.2. The Morgan fingerprint density at radius 3 is 2.74 bits per heavy atom. The first-order valence-electron chi connectivity index (χ1n) is 9.73. The van der Waals surface area contributed by atoms with E-state index >= 15 is 0 Å². The van der Waals surface area contributed by atoms with Gasteiger partial charge in [-0.1, -0.05) is 0 Å². The molecule has 8 nitrogen and oxygen atoms in total. The summed E-state index contributed by atoms with van der Waals surface area (Å²) in [6, 6.07) is 3.88. The van der Waals surface area contributed by atoms with Crippen LogP contribution in [0.25, 0.3) is 0 Å². The summed E-state index contributed by atoms with van der Waals surface area (Å²) in [6.07, 6.45) is 2.75. The van der Waals surface area contributed by atoms with Crippen molar-refractivity contribution < 1.29 is 19.1 Å². The van der Waals surface area contributed by atoms with E-state index in [1.165, 1.54) is 0 Å². The summed E-state index contributed by atoms with van der Waals surface area (Å²) in [4.78, 5) is 29.0. The lowest BCUT2D eigenvalue weighted by Crippen LogP contribution is -2.42. The van der Waals surface area contributed by atoms with E-state index in [9.17, 15) is 9.59 Å². The lowest BCUT2D eigenvalue weighted by atomic mass is 10.1. The Bertz CT molecular complexity index is 689. The minimum atomic E-state index is -0.238. The lowest BCUT2D eigenvalue weighted by molar-refractivity contribution is -0.135. The minimum absolute atomic E-state index is 0.0685. The maximum atomic E-state index is 12.9. The molecule has 27 heavy (non-hydrogen) atoms. The Morgan fingerprint density at radius 2 is 2.00 bits per heavy atom. The highest BCUT2D eigenvalue weighted by atomic mass is 16.5. The van der Waals surface area contributed by atoms with Crippen LogP contribution in [-0.2, 0) is 14.3 Å². The Hall–Kier alpha value is -2.22. The molecule has 2 atom stereocenters. The van der Waals surface area contributed by atoms with E-state index in [4.69, 9.17) is 9.47 Å². The fourth-order valence-electron chi connectivity index (χ4n) is 4.15. The average Bonchev–Trinajstić information content (AvgIpc) is 3.30. The van der Waals surface area contributed by atoms with E-state index in [-0.39, 0.29) is 29.9 Å². The molecule has 4 rings (SSSR count). The number of aryl methyl sites for hydroxylation is 1. The molecule has 0 N–H and O–H groups in total. The quantitative estimate of drug-likeness (QED) is 0.775. The molecule has 0 aromatic carbocycles. The predicted octanol–water partition coefficient (Wildman–Crippen LogP) is 0.792. The van der Waals surface area contributed by atoms with E-state index in [0.717, 1.165) is 25.0 Å². The highest BCUT2D eigenvalue weighted by molar-refractivity contribution is 5.89. The van der Waals surface area contributed by atoms with Gasteiger partial charge in [-0.3, -0.25) is 9.59 Å². The number of hydrogen-bond acceptors (Lipinski definition) is 6. The highest BCUT2D eigenvalue weighted by Gasteiger charge is 2.41. The van der Waals surface area contributed by atoms with Gasteiger partial charge in [-0.05, 0) is 25.8 Å². The number of ether oxygens (including phenoxy) is 2. The van der Waals surface area contributed by atoms with Crippen molar-refractivity contribution >= 4 is 11.8 Å². The van der Waals surface area contributed by atoms with Gasteiger partial charge in [0.05, 0.1) is 18.2 Å². The van der Waals surface area contributed by atoms with Crippen molar-refractivity contribution in [1.29, 1.82) is 0 Å². The smallest absolute Gasteiger partial charge is 0.233 e. The van der Waals surface area contributed by atoms with E-state index in [1.807, 2.05) is 22.8 Å². The van der Waals surface area contributed by atoms with Crippen molar-refractivity contribution in [2.24, 2.45) is 5.92 Å². The van der Waals surface area contributed by atoms with Crippen molar-refractivity contribution in [3.63, 3.8) is 0 Å². The monoisotopic (exact) mass is 374 g/mol. The fourth-order valence-corrected chi connectivity index (χ4v) is 4.15. The second-order valence-corrected chi connectivity index (χ2v) is 7.62. The largest absolute Gasteiger partial charge is 0.471 e. The van der Waals surface area contributed by atoms with Crippen LogP contribution in [0.1, 0.15) is 31.4 Å². The molecule has 3 aliphatic heterocycles. The summed E-state index contributed by atoms with van der Waals surface area (Å²) in [7, 11) is 0. The van der Waals surface area contributed by atoms with Gasteiger partial charge in [0.25, 0.3) is 0 Å². The van der Waals surface area contributed by atoms with Crippen LogP contribution in [0.4, 0.5) is 0 Å². The third kappa shape index (κ3) is 4.05. The third-order valence-corrected chi connectivity index (χ3v) is 5.66. The highest BCUT2D eigenvalue weighted by Crippen LogP contribution is 2.27. The van der Waals surface area contributed by atoms with Crippen LogP contribution < -0.4 is 4.74 Å². The zero-order valence-corrected chi connectivity index (χ0v) is 15.7. The molecular formula is C19H26N4O4. The molecule has 8 heteroatoms. The first-order valence-corrected chi connectivity index (χ1v) is 9.73. The van der Waals surface area contributed by atoms with Crippen molar-refractivity contribution in [3.05, 3.63) is 17.8 Å². The third-order valence-electron chi connectivity index (χ3n) is 5.66. The molecular weight excluding hydrogens is 348 g/mol. The van der Waals surface area contributed by atoms with E-state index in [0.29, 0.717) is 45.1 Å². The zero-order chi connectivity index (χ0) is 18.8. The number of carbonyl (C=O) groups excluding carboxylic acids is 2. The van der Waals surface area contributed by atoms with Gasteiger partial charge in [0, 0.05) is 51.3 Å². The van der Waals surface area contributed by atoms with Gasteiger partial charge in [-0.25, -0.2) is 0 Å². The maximum absolute atomic E-state index is 12.9. The number of nitrogens with zero attached hydrogens (tertiary/aromatic N) is 4. The Labute approximate surface area is 158 Å². The van der Waals surface area contributed by atoms with Crippen molar-refractivity contribution in [2.75, 3.05) is 32.8 Å². The molecule has 0 aliphatic carbocycles. The summed E-state index contributed by atoms with van der Waals surface area (Å²) in [5.74, 6) is 0.418. The molecule has 0 saturated carbocycles. The Morgan fingerprint density at radius 1 is 1.19 bits per heavy atom. The minimum Gasteiger partial charge on any atom is -0.471 e. The van der Waals surface area contributed by atoms with Crippen LogP contribution in [0.3, 0.4) is 0 Å². The Balaban J connectivity index is 1.31. The summed E-state index contributed by atoms with van der Waals surface area (Å²) >= 11 is 0. The second-order valence-electron chi connectivity index (χ2n) is 7.62. The van der Waals surface area contributed by atoms with Gasteiger partial charge < -0.3 is 19.3 Å². The normalized spacial score (nSPS) is 26.6. The first-order chi connectivity index (χ1) is 13.1. The Kier molecular flexibility index (Phi) is 5.24.